The van der Waals surface area contributed by atoms with Gasteiger partial charge in [-0.05, 0) is 42.5 Å². The summed E-state index contributed by atoms with van der Waals surface area (Å²) in [6, 6.07) is 12.7. The monoisotopic (exact) mass is 537 g/mol. The van der Waals surface area contributed by atoms with Gasteiger partial charge in [-0.3, -0.25) is 4.79 Å². The molecule has 2 aromatic rings. The number of esters is 1. The fraction of sp³-hybridized carbons (Fsp3) is 0.321. The Morgan fingerprint density at radius 3 is 2.45 bits per heavy atom. The predicted molar refractivity (Wildman–Crippen MR) is 146 cm³/mol. The maximum Gasteiger partial charge on any atom is 0.338 e. The number of amides is 1. The second-order valence-corrected chi connectivity index (χ2v) is 9.43. The van der Waals surface area contributed by atoms with E-state index in [4.69, 9.17) is 18.9 Å². The lowest BCUT2D eigenvalue weighted by Gasteiger charge is -2.36. The largest absolute Gasteiger partial charge is 0.496 e. The Morgan fingerprint density at radius 2 is 1.74 bits per heavy atom. The second-order valence-electron chi connectivity index (χ2n) is 8.59. The van der Waals surface area contributed by atoms with Crippen LogP contribution < -0.4 is 19.5 Å². The highest BCUT2D eigenvalue weighted by atomic mass is 32.2. The van der Waals surface area contributed by atoms with Crippen molar-refractivity contribution in [1.29, 1.82) is 0 Å². The number of thioether (sulfide) groups is 1. The molecule has 0 fully saturated rings. The van der Waals surface area contributed by atoms with Crippen molar-refractivity contribution in [2.24, 2.45) is 4.99 Å². The summed E-state index contributed by atoms with van der Waals surface area (Å²) >= 11 is 1.42. The van der Waals surface area contributed by atoms with Crippen molar-refractivity contribution in [1.82, 2.24) is 10.2 Å². The zero-order valence-electron chi connectivity index (χ0n) is 22.1. The fourth-order valence-corrected chi connectivity index (χ4v) is 5.50. The number of hydrogen-bond donors (Lipinski definition) is 1. The Labute approximate surface area is 226 Å². The van der Waals surface area contributed by atoms with Crippen molar-refractivity contribution >= 4 is 28.8 Å². The van der Waals surface area contributed by atoms with Crippen molar-refractivity contribution in [3.8, 4) is 17.2 Å². The molecule has 2 aliphatic heterocycles. The second kappa shape index (κ2) is 12.1. The number of ether oxygens (including phenoxy) is 4. The van der Waals surface area contributed by atoms with Crippen LogP contribution in [0.5, 0.6) is 17.2 Å². The molecule has 9 nitrogen and oxygen atoms in total. The third kappa shape index (κ3) is 5.50. The molecule has 0 spiro atoms. The van der Waals surface area contributed by atoms with Gasteiger partial charge in [-0.1, -0.05) is 36.0 Å². The molecule has 4 rings (SSSR count). The first-order valence-electron chi connectivity index (χ1n) is 12.0. The van der Waals surface area contributed by atoms with Crippen molar-refractivity contribution in [3.63, 3.8) is 0 Å². The third-order valence-electron chi connectivity index (χ3n) is 6.36. The first-order chi connectivity index (χ1) is 18.4. The number of rotatable bonds is 10. The van der Waals surface area contributed by atoms with Gasteiger partial charge < -0.3 is 29.2 Å². The smallest absolute Gasteiger partial charge is 0.338 e. The number of benzene rings is 2. The molecule has 1 atom stereocenters. The zero-order chi connectivity index (χ0) is 27.2. The van der Waals surface area contributed by atoms with Gasteiger partial charge in [0.25, 0.3) is 0 Å². The molecule has 0 aromatic heterocycles. The number of carbonyl (C=O) groups is 2. The van der Waals surface area contributed by atoms with Gasteiger partial charge in [0.15, 0.2) is 16.7 Å². The number of allylic oxidation sites excluding steroid dienone is 1. The minimum atomic E-state index is -0.549. The van der Waals surface area contributed by atoms with Crippen LogP contribution in [0, 0.1) is 0 Å². The molecule has 200 valence electrons. The first-order valence-corrected chi connectivity index (χ1v) is 12.9. The fourth-order valence-electron chi connectivity index (χ4n) is 4.54. The number of methoxy groups -OCH3 is 4. The average Bonchev–Trinajstić information content (AvgIpc) is 3.33. The van der Waals surface area contributed by atoms with Crippen molar-refractivity contribution < 1.29 is 28.5 Å². The quantitative estimate of drug-likeness (QED) is 0.450. The van der Waals surface area contributed by atoms with Gasteiger partial charge in [0.2, 0.25) is 5.91 Å². The number of para-hydroxylation sites is 1. The average molecular weight is 538 g/mol. The van der Waals surface area contributed by atoms with Crippen molar-refractivity contribution in [2.45, 2.75) is 25.8 Å². The Kier molecular flexibility index (Phi) is 8.62. The molecule has 0 saturated heterocycles. The SMILES string of the molecule is COC(=O)C1=C(C)N=C2SC=C(CC(=O)NCCc3ccc(OC)c(OC)c3)N2C1c1ccccc1OC. The highest BCUT2D eigenvalue weighted by Gasteiger charge is 2.42. The molecule has 2 heterocycles. The van der Waals surface area contributed by atoms with E-state index in [0.29, 0.717) is 46.7 Å². The van der Waals surface area contributed by atoms with Crippen LogP contribution in [0.1, 0.15) is 30.5 Å². The normalized spacial score (nSPS) is 16.3. The molecule has 38 heavy (non-hydrogen) atoms. The van der Waals surface area contributed by atoms with Crippen molar-refractivity contribution in [2.75, 3.05) is 35.0 Å². The molecule has 0 aliphatic carbocycles. The molecular formula is C28H31N3O6S. The summed E-state index contributed by atoms with van der Waals surface area (Å²) in [5.74, 6) is 1.32. The van der Waals surface area contributed by atoms with Gasteiger partial charge in [0.05, 0.1) is 52.2 Å². The molecule has 2 aliphatic rings. The third-order valence-corrected chi connectivity index (χ3v) is 7.25. The van der Waals surface area contributed by atoms with E-state index in [0.717, 1.165) is 16.8 Å². The number of amidine groups is 1. The topological polar surface area (TPSA) is 98.7 Å². The van der Waals surface area contributed by atoms with E-state index >= 15 is 0 Å². The van der Waals surface area contributed by atoms with E-state index in [1.165, 1.54) is 18.9 Å². The van der Waals surface area contributed by atoms with Crippen molar-refractivity contribution in [3.05, 3.63) is 76.0 Å². The van der Waals surface area contributed by atoms with E-state index in [1.54, 1.807) is 28.3 Å². The predicted octanol–water partition coefficient (Wildman–Crippen LogP) is 4.21. The molecule has 0 radical (unpaired) electrons. The Bertz CT molecular complexity index is 1320. The number of fused-ring (bicyclic) bond motifs is 1. The van der Waals surface area contributed by atoms with E-state index in [-0.39, 0.29) is 12.3 Å². The van der Waals surface area contributed by atoms with Crippen LogP contribution in [0.15, 0.2) is 69.8 Å². The lowest BCUT2D eigenvalue weighted by atomic mass is 9.93. The molecule has 2 aromatic carbocycles. The van der Waals surface area contributed by atoms with Crippen LogP contribution in [-0.4, -0.2) is 56.9 Å². The van der Waals surface area contributed by atoms with Gasteiger partial charge in [-0.15, -0.1) is 0 Å². The number of hydrogen-bond acceptors (Lipinski definition) is 9. The summed E-state index contributed by atoms with van der Waals surface area (Å²) < 4.78 is 21.4. The van der Waals surface area contributed by atoms with Crippen LogP contribution >= 0.6 is 11.8 Å². The molecule has 0 bridgehead atoms. The van der Waals surface area contributed by atoms with E-state index in [9.17, 15) is 9.59 Å². The molecule has 0 saturated carbocycles. The highest BCUT2D eigenvalue weighted by molar-refractivity contribution is 8.16. The summed E-state index contributed by atoms with van der Waals surface area (Å²) in [5, 5.41) is 5.59. The van der Waals surface area contributed by atoms with Crippen LogP contribution in [0.2, 0.25) is 0 Å². The molecule has 10 heteroatoms. The zero-order valence-corrected chi connectivity index (χ0v) is 22.9. The van der Waals surface area contributed by atoms with Gasteiger partial charge >= 0.3 is 5.97 Å². The number of nitrogens with zero attached hydrogens (tertiary/aromatic N) is 2. The Balaban J connectivity index is 1.51. The number of aliphatic imine (C=N–C) groups is 1. The Hall–Kier alpha value is -3.92. The minimum absolute atomic E-state index is 0.122. The lowest BCUT2D eigenvalue weighted by Crippen LogP contribution is -2.38. The van der Waals surface area contributed by atoms with E-state index < -0.39 is 12.0 Å². The summed E-state index contributed by atoms with van der Waals surface area (Å²) in [7, 11) is 6.13. The highest BCUT2D eigenvalue weighted by Crippen LogP contribution is 2.46. The maximum atomic E-state index is 13.0. The van der Waals surface area contributed by atoms with Gasteiger partial charge in [-0.2, -0.15) is 0 Å². The molecular weight excluding hydrogens is 506 g/mol. The Morgan fingerprint density at radius 1 is 1.00 bits per heavy atom. The van der Waals surface area contributed by atoms with Gasteiger partial charge in [-0.25, -0.2) is 9.79 Å². The van der Waals surface area contributed by atoms with Crippen LogP contribution in [0.3, 0.4) is 0 Å². The summed E-state index contributed by atoms with van der Waals surface area (Å²) in [5.41, 5.74) is 3.51. The summed E-state index contributed by atoms with van der Waals surface area (Å²) in [6.07, 6.45) is 0.756. The van der Waals surface area contributed by atoms with Crippen LogP contribution in [0.4, 0.5) is 0 Å². The molecule has 1 N–H and O–H groups in total. The van der Waals surface area contributed by atoms with Gasteiger partial charge in [0.1, 0.15) is 5.75 Å². The standard InChI is InChI=1S/C28H31N3O6S/c1-17-25(27(33)37-5)26(20-8-6-7-9-21(20)34-2)31-19(16-38-28(31)30-17)15-24(32)29-13-12-18-10-11-22(35-3)23(14-18)36-4/h6-11,14,16,26H,12-13,15H2,1-5H3,(H,29,32). The number of nitrogens with one attached hydrogen (secondary N) is 1. The van der Waals surface area contributed by atoms with E-state index in [1.807, 2.05) is 52.8 Å². The molecule has 1 amide bonds. The van der Waals surface area contributed by atoms with Crippen LogP contribution in [-0.2, 0) is 20.7 Å². The summed E-state index contributed by atoms with van der Waals surface area (Å²) in [6.45, 7) is 2.25. The van der Waals surface area contributed by atoms with Gasteiger partial charge in [0, 0.05) is 17.8 Å². The van der Waals surface area contributed by atoms with E-state index in [2.05, 4.69) is 10.3 Å². The van der Waals surface area contributed by atoms with Crippen LogP contribution in [0.25, 0.3) is 0 Å². The summed E-state index contributed by atoms with van der Waals surface area (Å²) in [4.78, 5) is 32.5. The maximum absolute atomic E-state index is 13.0. The number of carbonyl (C=O) groups excluding carboxylic acids is 2. The molecule has 1 unspecified atom stereocenters. The lowest BCUT2D eigenvalue weighted by molar-refractivity contribution is -0.136. The minimum Gasteiger partial charge on any atom is -0.496 e. The first kappa shape index (κ1) is 27.1.